The van der Waals surface area contributed by atoms with E-state index in [0.29, 0.717) is 23.6 Å². The molecule has 0 aromatic carbocycles. The molecule has 2 heterocycles. The molecule has 8 heavy (non-hydrogen) atoms. The van der Waals surface area contributed by atoms with Gasteiger partial charge in [-0.2, -0.15) is 0 Å². The van der Waals surface area contributed by atoms with Gasteiger partial charge in [0.2, 0.25) is 0 Å². The van der Waals surface area contributed by atoms with E-state index in [9.17, 15) is 0 Å². The number of hydrogen-bond acceptors (Lipinski definition) is 3. The van der Waals surface area contributed by atoms with E-state index in [2.05, 4.69) is 1.74 Å². The van der Waals surface area contributed by atoms with Crippen LogP contribution < -0.4 is 19.2 Å². The van der Waals surface area contributed by atoms with Crippen LogP contribution in [0, 0.1) is 0 Å². The van der Waals surface area contributed by atoms with E-state index >= 15 is 0 Å². The molecule has 2 rings (SSSR count). The maximum absolute atomic E-state index is 5.45. The van der Waals surface area contributed by atoms with Crippen molar-refractivity contribution in [2.24, 2.45) is 0 Å². The van der Waals surface area contributed by atoms with E-state index in [0.717, 1.165) is 13.2 Å². The first kappa shape index (κ1) is 6.08. The molecule has 2 fully saturated rings. The Labute approximate surface area is 62.4 Å². The molecule has 2 saturated heterocycles. The van der Waals surface area contributed by atoms with Crippen LogP contribution in [0.15, 0.2) is 0 Å². The van der Waals surface area contributed by atoms with Crippen molar-refractivity contribution in [3.63, 3.8) is 0 Å². The van der Waals surface area contributed by atoms with E-state index in [1.54, 1.807) is 0 Å². The molecule has 1 unspecified atom stereocenters. The van der Waals surface area contributed by atoms with E-state index in [4.69, 9.17) is 7.80 Å². The van der Waals surface area contributed by atoms with Crippen LogP contribution in [0.4, 0.5) is 0 Å². The number of hydrogen-bond donors (Lipinski definition) is 1. The molecular weight excluding hydrogens is 336 g/mol. The molecule has 0 amide bonds. The Kier molecular flexibility index (Phi) is 1.92. The number of epoxide rings is 1. The van der Waals surface area contributed by atoms with E-state index < -0.39 is 16.5 Å². The van der Waals surface area contributed by atoms with Gasteiger partial charge in [0.25, 0.3) is 0 Å². The third-order valence-electron chi connectivity index (χ3n) is 0.877. The molecule has 2 aliphatic rings. The second-order valence-electron chi connectivity index (χ2n) is 1.58. The van der Waals surface area contributed by atoms with Crippen LogP contribution in [0.1, 0.15) is 0 Å². The summed E-state index contributed by atoms with van der Waals surface area (Å²) in [5.74, 6) is 0. The quantitative estimate of drug-likeness (QED) is 0.344. The minimum absolute atomic E-state index is 0.399. The van der Waals surface area contributed by atoms with E-state index in [1.165, 1.54) is 0 Å². The van der Waals surface area contributed by atoms with Crippen LogP contribution in [0.5, 0.6) is 0 Å². The number of halogens is 2. The Balaban J connectivity index is 1.56. The summed E-state index contributed by atoms with van der Waals surface area (Å²) >= 11 is -0.400. The van der Waals surface area contributed by atoms with Crippen molar-refractivity contribution >= 4 is 16.5 Å². The SMILES string of the molecule is C1OC1COI1N[I-]1. The van der Waals surface area contributed by atoms with Crippen LogP contribution in [0.25, 0.3) is 0 Å². The molecule has 0 aromatic rings. The molecule has 0 aromatic heterocycles. The van der Waals surface area contributed by atoms with Crippen molar-refractivity contribution < 1.29 is 25.3 Å². The second kappa shape index (κ2) is 2.52. The van der Waals surface area contributed by atoms with Crippen molar-refractivity contribution in [1.29, 1.82) is 0 Å². The van der Waals surface area contributed by atoms with Crippen LogP contribution in [-0.2, 0) is 7.80 Å². The fraction of sp³-hybridized carbons (Fsp3) is 1.00. The summed E-state index contributed by atoms with van der Waals surface area (Å²) in [6, 6.07) is 0. The monoisotopic (exact) mass is 342 g/mol. The van der Waals surface area contributed by atoms with Crippen molar-refractivity contribution in [1.82, 2.24) is 1.74 Å². The normalized spacial score (nSPS) is 38.5. The minimum atomic E-state index is -0.799. The predicted molar refractivity (Wildman–Crippen MR) is 32.8 cm³/mol. The molecule has 50 valence electrons. The van der Waals surface area contributed by atoms with Crippen molar-refractivity contribution in [3.8, 4) is 0 Å². The Bertz CT molecular complexity index is 81.3. The fourth-order valence-electron chi connectivity index (χ4n) is 0.342. The Hall–Kier alpha value is 1.34. The summed E-state index contributed by atoms with van der Waals surface area (Å²) < 4.78 is 13.7. The van der Waals surface area contributed by atoms with Gasteiger partial charge in [0, 0.05) is 0 Å². The molecule has 1 atom stereocenters. The Morgan fingerprint density at radius 2 is 2.75 bits per heavy atom. The molecule has 0 bridgehead atoms. The number of ether oxygens (including phenoxy) is 1. The molecule has 0 spiro atoms. The first-order valence-electron chi connectivity index (χ1n) is 2.30. The van der Waals surface area contributed by atoms with Crippen LogP contribution >= 0.6 is 16.5 Å². The van der Waals surface area contributed by atoms with E-state index in [-0.39, 0.29) is 0 Å². The standard InChI is InChI=1S/C3H6I2NO2/c1-3(7-1)2-8-5-4-6-5/h3,6H,1-2H2/q-1. The predicted octanol–water partition coefficient (Wildman–Crippen LogP) is -2.74. The molecule has 1 N–H and O–H groups in total. The molecule has 2 aliphatic heterocycles. The summed E-state index contributed by atoms with van der Waals surface area (Å²) in [5.41, 5.74) is 0. The van der Waals surface area contributed by atoms with Gasteiger partial charge in [0.05, 0.1) is 0 Å². The zero-order valence-electron chi connectivity index (χ0n) is 4.06. The van der Waals surface area contributed by atoms with Crippen LogP contribution in [0.3, 0.4) is 0 Å². The van der Waals surface area contributed by atoms with Gasteiger partial charge in [-0.05, 0) is 0 Å². The van der Waals surface area contributed by atoms with Gasteiger partial charge in [-0.15, -0.1) is 0 Å². The van der Waals surface area contributed by atoms with Gasteiger partial charge in [0.15, 0.2) is 0 Å². The molecule has 0 saturated carbocycles. The average Bonchev–Trinajstić information content (AvgIpc) is 2.60. The fourth-order valence-corrected chi connectivity index (χ4v) is 7.10. The first-order valence-corrected chi connectivity index (χ1v) is 11.6. The summed E-state index contributed by atoms with van der Waals surface area (Å²) in [6.07, 6.45) is 0.471. The summed E-state index contributed by atoms with van der Waals surface area (Å²) in [6.45, 7) is 1.81. The van der Waals surface area contributed by atoms with E-state index in [1.807, 2.05) is 0 Å². The second-order valence-corrected chi connectivity index (χ2v) is 14.6. The molecule has 0 aliphatic carbocycles. The summed E-state index contributed by atoms with van der Waals surface area (Å²) in [5, 5.41) is 0. The van der Waals surface area contributed by atoms with Crippen LogP contribution in [0.2, 0.25) is 0 Å². The maximum atomic E-state index is 5.45. The van der Waals surface area contributed by atoms with Crippen LogP contribution in [-0.4, -0.2) is 19.3 Å². The average molecular weight is 342 g/mol. The Morgan fingerprint density at radius 3 is 3.25 bits per heavy atom. The van der Waals surface area contributed by atoms with Gasteiger partial charge in [-0.25, -0.2) is 0 Å². The molecule has 5 heteroatoms. The molecule has 3 nitrogen and oxygen atoms in total. The van der Waals surface area contributed by atoms with Crippen molar-refractivity contribution in [3.05, 3.63) is 0 Å². The number of nitrogens with one attached hydrogen (secondary N) is 1. The third kappa shape index (κ3) is 1.94. The van der Waals surface area contributed by atoms with Crippen molar-refractivity contribution in [2.75, 3.05) is 13.2 Å². The van der Waals surface area contributed by atoms with Gasteiger partial charge in [-0.3, -0.25) is 0 Å². The van der Waals surface area contributed by atoms with Gasteiger partial charge >= 0.3 is 62.9 Å². The third-order valence-corrected chi connectivity index (χ3v) is 9.07. The van der Waals surface area contributed by atoms with Gasteiger partial charge in [0.1, 0.15) is 0 Å². The molecule has 0 radical (unpaired) electrons. The Morgan fingerprint density at radius 1 is 2.00 bits per heavy atom. The molecular formula is C3H6I2NO2-. The van der Waals surface area contributed by atoms with Gasteiger partial charge in [-0.1, -0.05) is 0 Å². The topological polar surface area (TPSA) is 43.7 Å². The zero-order valence-corrected chi connectivity index (χ0v) is 8.38. The first-order chi connectivity index (χ1) is 3.95. The van der Waals surface area contributed by atoms with Gasteiger partial charge < -0.3 is 0 Å². The summed E-state index contributed by atoms with van der Waals surface area (Å²) in [4.78, 5) is 0. The zero-order chi connectivity index (χ0) is 5.40. The summed E-state index contributed by atoms with van der Waals surface area (Å²) in [7, 11) is 0. The van der Waals surface area contributed by atoms with Crippen molar-refractivity contribution in [2.45, 2.75) is 6.10 Å². The number of rotatable bonds is 3.